The standard InChI is InChI=1S/C11H22O2/c1-9-5-6-11(4,13-9)7-10(2,3)8-12/h9,12H,5-8H2,1-4H3. The highest BCUT2D eigenvalue weighted by molar-refractivity contribution is 4.88. The van der Waals surface area contributed by atoms with Gasteiger partial charge in [0.05, 0.1) is 11.7 Å². The SMILES string of the molecule is CC1CCC(C)(CC(C)(C)CO)O1. The van der Waals surface area contributed by atoms with Crippen molar-refractivity contribution in [2.45, 2.75) is 58.7 Å². The quantitative estimate of drug-likeness (QED) is 0.733. The van der Waals surface area contributed by atoms with E-state index in [-0.39, 0.29) is 17.6 Å². The van der Waals surface area contributed by atoms with Gasteiger partial charge in [-0.3, -0.25) is 0 Å². The Labute approximate surface area is 81.3 Å². The molecule has 1 fully saturated rings. The zero-order chi connectivity index (χ0) is 10.1. The second-order valence-electron chi connectivity index (χ2n) is 5.42. The minimum Gasteiger partial charge on any atom is -0.396 e. The van der Waals surface area contributed by atoms with Crippen LogP contribution in [0.4, 0.5) is 0 Å². The van der Waals surface area contributed by atoms with E-state index in [1.54, 1.807) is 0 Å². The molecule has 1 N–H and O–H groups in total. The molecule has 0 bridgehead atoms. The van der Waals surface area contributed by atoms with E-state index in [0.29, 0.717) is 6.10 Å². The lowest BCUT2D eigenvalue weighted by Gasteiger charge is -2.33. The van der Waals surface area contributed by atoms with Crippen LogP contribution < -0.4 is 0 Å². The Hall–Kier alpha value is -0.0800. The average molecular weight is 186 g/mol. The first-order valence-electron chi connectivity index (χ1n) is 5.16. The Kier molecular flexibility index (Phi) is 3.03. The summed E-state index contributed by atoms with van der Waals surface area (Å²) in [5.41, 5.74) is -0.0234. The summed E-state index contributed by atoms with van der Waals surface area (Å²) in [6.45, 7) is 8.70. The van der Waals surface area contributed by atoms with Crippen LogP contribution in [-0.2, 0) is 4.74 Å². The van der Waals surface area contributed by atoms with Crippen molar-refractivity contribution in [3.05, 3.63) is 0 Å². The van der Waals surface area contributed by atoms with Crippen molar-refractivity contribution in [1.29, 1.82) is 0 Å². The molecule has 1 aliphatic heterocycles. The van der Waals surface area contributed by atoms with Gasteiger partial charge in [0.25, 0.3) is 0 Å². The first kappa shape index (κ1) is 11.0. The van der Waals surface area contributed by atoms with Crippen molar-refractivity contribution in [1.82, 2.24) is 0 Å². The Bertz CT molecular complexity index is 177. The molecule has 0 saturated carbocycles. The van der Waals surface area contributed by atoms with Crippen LogP contribution in [-0.4, -0.2) is 23.4 Å². The summed E-state index contributed by atoms with van der Waals surface area (Å²) in [7, 11) is 0. The van der Waals surface area contributed by atoms with Crippen LogP contribution in [0.1, 0.15) is 47.0 Å². The Morgan fingerprint density at radius 3 is 2.54 bits per heavy atom. The van der Waals surface area contributed by atoms with Gasteiger partial charge in [0.15, 0.2) is 0 Å². The van der Waals surface area contributed by atoms with Crippen molar-refractivity contribution in [2.24, 2.45) is 5.41 Å². The zero-order valence-electron chi connectivity index (χ0n) is 9.26. The van der Waals surface area contributed by atoms with Gasteiger partial charge in [-0.2, -0.15) is 0 Å². The van der Waals surface area contributed by atoms with Crippen LogP contribution in [0.3, 0.4) is 0 Å². The van der Waals surface area contributed by atoms with Crippen molar-refractivity contribution < 1.29 is 9.84 Å². The number of rotatable bonds is 3. The molecule has 1 heterocycles. The number of hydrogen-bond acceptors (Lipinski definition) is 2. The van der Waals surface area contributed by atoms with Crippen molar-refractivity contribution in [3.8, 4) is 0 Å². The molecule has 0 aromatic heterocycles. The molecule has 1 saturated heterocycles. The van der Waals surface area contributed by atoms with Gasteiger partial charge in [0, 0.05) is 6.61 Å². The molecule has 0 radical (unpaired) electrons. The maximum Gasteiger partial charge on any atom is 0.0665 e. The number of ether oxygens (including phenoxy) is 1. The van der Waals surface area contributed by atoms with Crippen LogP contribution in [0.25, 0.3) is 0 Å². The molecular formula is C11H22O2. The van der Waals surface area contributed by atoms with Crippen LogP contribution in [0.2, 0.25) is 0 Å². The summed E-state index contributed by atoms with van der Waals surface area (Å²) < 4.78 is 5.88. The van der Waals surface area contributed by atoms with Crippen molar-refractivity contribution in [3.63, 3.8) is 0 Å². The summed E-state index contributed by atoms with van der Waals surface area (Å²) in [5.74, 6) is 0. The van der Waals surface area contributed by atoms with Gasteiger partial charge in [0.2, 0.25) is 0 Å². The summed E-state index contributed by atoms with van der Waals surface area (Å²) in [6.07, 6.45) is 3.61. The predicted molar refractivity (Wildman–Crippen MR) is 53.7 cm³/mol. The van der Waals surface area contributed by atoms with Crippen LogP contribution in [0, 0.1) is 5.41 Å². The molecule has 0 spiro atoms. The predicted octanol–water partition coefficient (Wildman–Crippen LogP) is 2.35. The largest absolute Gasteiger partial charge is 0.396 e. The van der Waals surface area contributed by atoms with E-state index in [1.807, 2.05) is 0 Å². The van der Waals surface area contributed by atoms with Gasteiger partial charge in [-0.1, -0.05) is 13.8 Å². The van der Waals surface area contributed by atoms with Gasteiger partial charge in [-0.15, -0.1) is 0 Å². The molecule has 0 amide bonds. The fourth-order valence-electron chi connectivity index (χ4n) is 2.31. The second-order valence-corrected chi connectivity index (χ2v) is 5.42. The lowest BCUT2D eigenvalue weighted by Crippen LogP contribution is -2.33. The second kappa shape index (κ2) is 3.58. The molecule has 0 aromatic rings. The maximum atomic E-state index is 9.18. The first-order chi connectivity index (χ1) is 5.87. The third kappa shape index (κ3) is 2.96. The van der Waals surface area contributed by atoms with E-state index in [1.165, 1.54) is 0 Å². The van der Waals surface area contributed by atoms with Gasteiger partial charge in [-0.05, 0) is 38.5 Å². The van der Waals surface area contributed by atoms with E-state index in [4.69, 9.17) is 4.74 Å². The molecule has 0 aliphatic carbocycles. The first-order valence-corrected chi connectivity index (χ1v) is 5.16. The summed E-state index contributed by atoms with van der Waals surface area (Å²) in [5, 5.41) is 9.18. The Balaban J connectivity index is 2.53. The zero-order valence-corrected chi connectivity index (χ0v) is 9.26. The smallest absolute Gasteiger partial charge is 0.0665 e. The van der Waals surface area contributed by atoms with Crippen LogP contribution in [0.5, 0.6) is 0 Å². The lowest BCUT2D eigenvalue weighted by molar-refractivity contribution is -0.0552. The fraction of sp³-hybridized carbons (Fsp3) is 1.00. The van der Waals surface area contributed by atoms with Gasteiger partial charge < -0.3 is 9.84 Å². The number of aliphatic hydroxyl groups is 1. The third-order valence-corrected chi connectivity index (χ3v) is 2.85. The minimum absolute atomic E-state index is 0.00829. The molecular weight excluding hydrogens is 164 g/mol. The molecule has 13 heavy (non-hydrogen) atoms. The fourth-order valence-corrected chi connectivity index (χ4v) is 2.31. The van der Waals surface area contributed by atoms with Crippen LogP contribution >= 0.6 is 0 Å². The molecule has 78 valence electrons. The molecule has 1 rings (SSSR count). The maximum absolute atomic E-state index is 9.18. The summed E-state index contributed by atoms with van der Waals surface area (Å²) in [4.78, 5) is 0. The molecule has 1 aliphatic rings. The molecule has 2 unspecified atom stereocenters. The summed E-state index contributed by atoms with van der Waals surface area (Å²) in [6, 6.07) is 0. The Morgan fingerprint density at radius 2 is 2.15 bits per heavy atom. The minimum atomic E-state index is -0.0151. The van der Waals surface area contributed by atoms with E-state index >= 15 is 0 Å². The molecule has 2 nitrogen and oxygen atoms in total. The lowest BCUT2D eigenvalue weighted by atomic mass is 9.80. The summed E-state index contributed by atoms with van der Waals surface area (Å²) >= 11 is 0. The number of aliphatic hydroxyl groups excluding tert-OH is 1. The van der Waals surface area contributed by atoms with Crippen molar-refractivity contribution in [2.75, 3.05) is 6.61 Å². The monoisotopic (exact) mass is 186 g/mol. The highest BCUT2D eigenvalue weighted by Gasteiger charge is 2.38. The Morgan fingerprint density at radius 1 is 1.54 bits per heavy atom. The molecule has 2 atom stereocenters. The van der Waals surface area contributed by atoms with E-state index in [0.717, 1.165) is 19.3 Å². The number of hydrogen-bond donors (Lipinski definition) is 1. The van der Waals surface area contributed by atoms with E-state index in [9.17, 15) is 5.11 Å². The van der Waals surface area contributed by atoms with Crippen LogP contribution in [0.15, 0.2) is 0 Å². The molecule has 0 aromatic carbocycles. The highest BCUT2D eigenvalue weighted by atomic mass is 16.5. The molecule has 2 heteroatoms. The normalized spacial score (nSPS) is 35.3. The highest BCUT2D eigenvalue weighted by Crippen LogP contribution is 2.38. The third-order valence-electron chi connectivity index (χ3n) is 2.85. The van der Waals surface area contributed by atoms with E-state index in [2.05, 4.69) is 27.7 Å². The van der Waals surface area contributed by atoms with Gasteiger partial charge in [-0.25, -0.2) is 0 Å². The van der Waals surface area contributed by atoms with Gasteiger partial charge >= 0.3 is 0 Å². The van der Waals surface area contributed by atoms with Gasteiger partial charge in [0.1, 0.15) is 0 Å². The van der Waals surface area contributed by atoms with E-state index < -0.39 is 0 Å². The topological polar surface area (TPSA) is 29.5 Å². The van der Waals surface area contributed by atoms with Crippen molar-refractivity contribution >= 4 is 0 Å². The average Bonchev–Trinajstić information content (AvgIpc) is 2.30.